The molecule has 5 rings (SSSR count). The molecule has 4 nitrogen and oxygen atoms in total. The Morgan fingerprint density at radius 1 is 0.912 bits per heavy atom. The van der Waals surface area contributed by atoms with Crippen LogP contribution in [0.5, 0.6) is 0 Å². The van der Waals surface area contributed by atoms with Crippen LogP contribution >= 0.6 is 0 Å². The summed E-state index contributed by atoms with van der Waals surface area (Å²) in [6.07, 6.45) is 2.00. The third kappa shape index (κ3) is 4.10. The van der Waals surface area contributed by atoms with Crippen LogP contribution in [0.15, 0.2) is 79.0 Å². The van der Waals surface area contributed by atoms with E-state index in [1.807, 2.05) is 58.8 Å². The van der Waals surface area contributed by atoms with Crippen LogP contribution in [0.1, 0.15) is 42.4 Å². The minimum Gasteiger partial charge on any atom is -0.351 e. The molecule has 0 aliphatic heterocycles. The summed E-state index contributed by atoms with van der Waals surface area (Å²) in [5, 5.41) is 5.12. The summed E-state index contributed by atoms with van der Waals surface area (Å²) >= 11 is 0. The third-order valence-electron chi connectivity index (χ3n) is 6.37. The van der Waals surface area contributed by atoms with Gasteiger partial charge >= 0.3 is 0 Å². The van der Waals surface area contributed by atoms with Crippen molar-refractivity contribution in [2.24, 2.45) is 7.05 Å². The molecule has 0 saturated heterocycles. The Bertz CT molecular complexity index is 1530. The highest BCUT2D eigenvalue weighted by atomic mass is 19.1. The predicted octanol–water partition coefficient (Wildman–Crippen LogP) is 6.87. The molecule has 0 bridgehead atoms. The number of hydrogen-bond donors (Lipinski definition) is 1. The Morgan fingerprint density at radius 2 is 1.71 bits per heavy atom. The molecule has 1 N–H and O–H groups in total. The molecule has 0 aliphatic rings. The number of carbonyl (C=O) groups is 1. The SMILES string of the molecule is Cn1ccc2cc(NC(=O)c3cc4cc(C(C)(C)C)ccc4n3Cc3cccc(F)c3)ccc21. The fourth-order valence-corrected chi connectivity index (χ4v) is 4.47. The van der Waals surface area contributed by atoms with Gasteiger partial charge in [0.15, 0.2) is 0 Å². The maximum atomic E-state index is 13.9. The standard InChI is InChI=1S/C29H28FN3O/c1-29(2,3)22-8-10-26-21(15-22)17-27(33(26)18-19-6-5-7-23(30)14-19)28(34)31-24-9-11-25-20(16-24)12-13-32(25)4/h5-17H,18H2,1-4H3,(H,31,34). The summed E-state index contributed by atoms with van der Waals surface area (Å²) in [7, 11) is 2.00. The van der Waals surface area contributed by atoms with Crippen molar-refractivity contribution >= 4 is 33.4 Å². The molecular formula is C29H28FN3O. The van der Waals surface area contributed by atoms with E-state index < -0.39 is 0 Å². The van der Waals surface area contributed by atoms with Crippen molar-refractivity contribution in [2.45, 2.75) is 32.7 Å². The van der Waals surface area contributed by atoms with Gasteiger partial charge in [-0.2, -0.15) is 0 Å². The molecule has 0 spiro atoms. The Hall–Kier alpha value is -3.86. The van der Waals surface area contributed by atoms with Crippen molar-refractivity contribution in [3.63, 3.8) is 0 Å². The van der Waals surface area contributed by atoms with Gasteiger partial charge in [-0.15, -0.1) is 0 Å². The van der Waals surface area contributed by atoms with Crippen molar-refractivity contribution in [1.29, 1.82) is 0 Å². The highest BCUT2D eigenvalue weighted by Crippen LogP contribution is 2.29. The van der Waals surface area contributed by atoms with E-state index in [2.05, 4.69) is 44.3 Å². The lowest BCUT2D eigenvalue weighted by Crippen LogP contribution is -2.17. The van der Waals surface area contributed by atoms with Gasteiger partial charge in [0.05, 0.1) is 0 Å². The zero-order valence-corrected chi connectivity index (χ0v) is 19.9. The first-order chi connectivity index (χ1) is 16.2. The summed E-state index contributed by atoms with van der Waals surface area (Å²) in [5.41, 5.74) is 5.32. The normalized spacial score (nSPS) is 11.9. The largest absolute Gasteiger partial charge is 0.351 e. The van der Waals surface area contributed by atoms with Crippen LogP contribution in [0, 0.1) is 5.82 Å². The Balaban J connectivity index is 1.57. The maximum absolute atomic E-state index is 13.9. The fraction of sp³-hybridized carbons (Fsp3) is 0.207. The lowest BCUT2D eigenvalue weighted by Gasteiger charge is -2.19. The number of amides is 1. The molecule has 0 atom stereocenters. The van der Waals surface area contributed by atoms with E-state index in [0.29, 0.717) is 12.2 Å². The van der Waals surface area contributed by atoms with Crippen LogP contribution in [-0.4, -0.2) is 15.0 Å². The van der Waals surface area contributed by atoms with Crippen LogP contribution in [0.4, 0.5) is 10.1 Å². The molecule has 172 valence electrons. The number of aromatic nitrogens is 2. The summed E-state index contributed by atoms with van der Waals surface area (Å²) < 4.78 is 17.9. The number of halogens is 1. The summed E-state index contributed by atoms with van der Waals surface area (Å²) in [4.78, 5) is 13.5. The van der Waals surface area contributed by atoms with Gasteiger partial charge in [-0.3, -0.25) is 4.79 Å². The van der Waals surface area contributed by atoms with Crippen LogP contribution < -0.4 is 5.32 Å². The molecule has 0 fully saturated rings. The first kappa shape index (κ1) is 22.0. The number of benzene rings is 3. The maximum Gasteiger partial charge on any atom is 0.272 e. The van der Waals surface area contributed by atoms with Crippen molar-refractivity contribution in [3.8, 4) is 0 Å². The van der Waals surface area contributed by atoms with Gasteiger partial charge in [-0.05, 0) is 71.1 Å². The lowest BCUT2D eigenvalue weighted by molar-refractivity contribution is 0.101. The average Bonchev–Trinajstić information content (AvgIpc) is 3.33. The molecule has 0 unspecified atom stereocenters. The highest BCUT2D eigenvalue weighted by Gasteiger charge is 2.20. The minimum atomic E-state index is -0.286. The van der Waals surface area contributed by atoms with E-state index >= 15 is 0 Å². The van der Waals surface area contributed by atoms with Crippen LogP contribution in [0.3, 0.4) is 0 Å². The van der Waals surface area contributed by atoms with Gasteiger partial charge in [-0.25, -0.2) is 4.39 Å². The summed E-state index contributed by atoms with van der Waals surface area (Å²) in [5.74, 6) is -0.480. The molecule has 2 heterocycles. The minimum absolute atomic E-state index is 0.00757. The first-order valence-corrected chi connectivity index (χ1v) is 11.4. The lowest BCUT2D eigenvalue weighted by atomic mass is 9.86. The van der Waals surface area contributed by atoms with Crippen LogP contribution in [0.2, 0.25) is 0 Å². The zero-order chi connectivity index (χ0) is 24.0. The van der Waals surface area contributed by atoms with Gasteiger partial charge in [0.2, 0.25) is 0 Å². The van der Waals surface area contributed by atoms with Crippen LogP contribution in [0.25, 0.3) is 21.8 Å². The molecule has 0 saturated carbocycles. The Kier molecular flexibility index (Phi) is 5.28. The smallest absolute Gasteiger partial charge is 0.272 e. The fourth-order valence-electron chi connectivity index (χ4n) is 4.47. The molecule has 0 aliphatic carbocycles. The van der Waals surface area contributed by atoms with Gasteiger partial charge in [0.25, 0.3) is 5.91 Å². The van der Waals surface area contributed by atoms with Crippen LogP contribution in [-0.2, 0) is 19.0 Å². The van der Waals surface area contributed by atoms with E-state index in [0.717, 1.165) is 33.1 Å². The Morgan fingerprint density at radius 3 is 2.47 bits per heavy atom. The molecule has 1 amide bonds. The highest BCUT2D eigenvalue weighted by molar-refractivity contribution is 6.07. The van der Waals surface area contributed by atoms with Crippen molar-refractivity contribution in [3.05, 3.63) is 102 Å². The number of rotatable bonds is 4. The number of hydrogen-bond acceptors (Lipinski definition) is 1. The Labute approximate surface area is 198 Å². The second-order valence-electron chi connectivity index (χ2n) is 9.92. The molecule has 0 radical (unpaired) electrons. The predicted molar refractivity (Wildman–Crippen MR) is 137 cm³/mol. The molecule has 5 aromatic rings. The van der Waals surface area contributed by atoms with E-state index in [4.69, 9.17) is 0 Å². The molecule has 2 aromatic heterocycles. The number of nitrogens with zero attached hydrogens (tertiary/aromatic N) is 2. The second kappa shape index (κ2) is 8.17. The van der Waals surface area contributed by atoms with E-state index in [1.54, 1.807) is 6.07 Å². The van der Waals surface area contributed by atoms with Gasteiger partial charge in [0, 0.05) is 47.3 Å². The third-order valence-corrected chi connectivity index (χ3v) is 6.37. The summed E-state index contributed by atoms with van der Waals surface area (Å²) in [6.45, 7) is 6.92. The number of carbonyl (C=O) groups excluding carboxylic acids is 1. The van der Waals surface area contributed by atoms with Gasteiger partial charge in [0.1, 0.15) is 11.5 Å². The number of anilines is 1. The number of nitrogens with one attached hydrogen (secondary N) is 1. The van der Waals surface area contributed by atoms with E-state index in [9.17, 15) is 9.18 Å². The quantitative estimate of drug-likeness (QED) is 0.317. The first-order valence-electron chi connectivity index (χ1n) is 11.4. The summed E-state index contributed by atoms with van der Waals surface area (Å²) in [6, 6.07) is 22.7. The zero-order valence-electron chi connectivity index (χ0n) is 19.9. The van der Waals surface area contributed by atoms with Gasteiger partial charge in [-0.1, -0.05) is 39.0 Å². The molecule has 5 heteroatoms. The van der Waals surface area contributed by atoms with Crippen molar-refractivity contribution < 1.29 is 9.18 Å². The number of fused-ring (bicyclic) bond motifs is 2. The molecule has 34 heavy (non-hydrogen) atoms. The monoisotopic (exact) mass is 453 g/mol. The molecule has 3 aromatic carbocycles. The van der Waals surface area contributed by atoms with Crippen molar-refractivity contribution in [2.75, 3.05) is 5.32 Å². The van der Waals surface area contributed by atoms with Crippen molar-refractivity contribution in [1.82, 2.24) is 9.13 Å². The average molecular weight is 454 g/mol. The van der Waals surface area contributed by atoms with E-state index in [-0.39, 0.29) is 17.1 Å². The number of aryl methyl sites for hydroxylation is 1. The van der Waals surface area contributed by atoms with Gasteiger partial charge < -0.3 is 14.5 Å². The van der Waals surface area contributed by atoms with E-state index in [1.165, 1.54) is 17.7 Å². The second-order valence-corrected chi connectivity index (χ2v) is 9.92. The molecular weight excluding hydrogens is 425 g/mol. The topological polar surface area (TPSA) is 39.0 Å².